The van der Waals surface area contributed by atoms with Gasteiger partial charge in [0.2, 0.25) is 5.60 Å². The number of halogens is 4. The summed E-state index contributed by atoms with van der Waals surface area (Å²) in [5, 5.41) is 14.2. The monoisotopic (exact) mass is 523 g/mol. The van der Waals surface area contributed by atoms with Crippen LogP contribution >= 0.6 is 0 Å². The number of nitrogens with one attached hydrogen (secondary N) is 1. The fourth-order valence-corrected chi connectivity index (χ4v) is 4.67. The molecule has 1 atom stereocenters. The van der Waals surface area contributed by atoms with Crippen LogP contribution in [-0.2, 0) is 27.7 Å². The number of anilines is 1. The zero-order valence-corrected chi connectivity index (χ0v) is 19.9. The molecule has 0 saturated heterocycles. The highest BCUT2D eigenvalue weighted by atomic mass is 19.4. The summed E-state index contributed by atoms with van der Waals surface area (Å²) in [6.45, 7) is 0.0356. The van der Waals surface area contributed by atoms with Crippen LogP contribution < -0.4 is 5.32 Å². The number of hydrogen-bond acceptors (Lipinski definition) is 4. The van der Waals surface area contributed by atoms with Crippen molar-refractivity contribution in [1.29, 1.82) is 0 Å². The lowest BCUT2D eigenvalue weighted by atomic mass is 9.81. The van der Waals surface area contributed by atoms with Crippen molar-refractivity contribution in [2.24, 2.45) is 0 Å². The molecular formula is C29H21F4NO4. The highest BCUT2D eigenvalue weighted by molar-refractivity contribution is 6.01. The van der Waals surface area contributed by atoms with E-state index < -0.39 is 46.9 Å². The summed E-state index contributed by atoms with van der Waals surface area (Å²) in [6.07, 6.45) is -4.77. The molecule has 0 bridgehead atoms. The van der Waals surface area contributed by atoms with Gasteiger partial charge in [0, 0.05) is 28.7 Å². The lowest BCUT2D eigenvalue weighted by Crippen LogP contribution is -2.44. The van der Waals surface area contributed by atoms with E-state index in [9.17, 15) is 27.9 Å². The Hall–Kier alpha value is -4.16. The number of carbonyl (C=O) groups excluding carboxylic acids is 2. The average molecular weight is 523 g/mol. The van der Waals surface area contributed by atoms with E-state index in [4.69, 9.17) is 4.74 Å². The Morgan fingerprint density at radius 2 is 1.79 bits per heavy atom. The number of benzene rings is 3. The quantitative estimate of drug-likeness (QED) is 0.268. The number of amides is 1. The summed E-state index contributed by atoms with van der Waals surface area (Å²) in [7, 11) is 0. The Kier molecular flexibility index (Phi) is 6.24. The minimum Gasteiger partial charge on any atom is -0.457 e. The first-order chi connectivity index (χ1) is 18.0. The van der Waals surface area contributed by atoms with Crippen molar-refractivity contribution in [1.82, 2.24) is 0 Å². The van der Waals surface area contributed by atoms with Gasteiger partial charge in [0.15, 0.2) is 0 Å². The molecule has 1 heterocycles. The minimum absolute atomic E-state index is 0.0356. The zero-order valence-electron chi connectivity index (χ0n) is 19.9. The van der Waals surface area contributed by atoms with Crippen LogP contribution in [0.5, 0.6) is 0 Å². The van der Waals surface area contributed by atoms with E-state index in [1.165, 1.54) is 24.3 Å². The molecule has 9 heteroatoms. The summed E-state index contributed by atoms with van der Waals surface area (Å²) in [4.78, 5) is 25.2. The topological polar surface area (TPSA) is 75.6 Å². The fraction of sp³-hybridized carbons (Fsp3) is 0.241. The molecule has 0 radical (unpaired) electrons. The summed E-state index contributed by atoms with van der Waals surface area (Å²) >= 11 is 0. The fourth-order valence-electron chi connectivity index (χ4n) is 4.67. The third-order valence-electron chi connectivity index (χ3n) is 6.83. The van der Waals surface area contributed by atoms with E-state index in [1.807, 2.05) is 0 Å². The number of aliphatic hydroxyl groups is 1. The molecule has 2 aliphatic rings. The van der Waals surface area contributed by atoms with E-state index in [1.54, 1.807) is 30.3 Å². The summed E-state index contributed by atoms with van der Waals surface area (Å²) in [5.41, 5.74) is -3.52. The first-order valence-corrected chi connectivity index (χ1v) is 11.8. The van der Waals surface area contributed by atoms with Crippen molar-refractivity contribution in [3.8, 4) is 11.8 Å². The van der Waals surface area contributed by atoms with Gasteiger partial charge in [-0.15, -0.1) is 0 Å². The van der Waals surface area contributed by atoms with Gasteiger partial charge in [-0.3, -0.25) is 4.79 Å². The van der Waals surface area contributed by atoms with Crippen molar-refractivity contribution in [3.63, 3.8) is 0 Å². The lowest BCUT2D eigenvalue weighted by Gasteiger charge is -2.28. The second kappa shape index (κ2) is 9.30. The molecule has 194 valence electrons. The largest absolute Gasteiger partial charge is 0.457 e. The maximum Gasteiger partial charge on any atom is 0.419 e. The van der Waals surface area contributed by atoms with Gasteiger partial charge in [0.05, 0.1) is 11.1 Å². The molecule has 1 aliphatic heterocycles. The number of esters is 1. The van der Waals surface area contributed by atoms with E-state index in [0.717, 1.165) is 6.07 Å². The van der Waals surface area contributed by atoms with Gasteiger partial charge >= 0.3 is 12.1 Å². The predicted molar refractivity (Wildman–Crippen MR) is 129 cm³/mol. The van der Waals surface area contributed by atoms with Crippen molar-refractivity contribution >= 4 is 17.6 Å². The number of alkyl halides is 3. The smallest absolute Gasteiger partial charge is 0.419 e. The Balaban J connectivity index is 1.50. The van der Waals surface area contributed by atoms with Gasteiger partial charge < -0.3 is 15.2 Å². The minimum atomic E-state index is -4.89. The Morgan fingerprint density at radius 3 is 2.47 bits per heavy atom. The van der Waals surface area contributed by atoms with E-state index in [-0.39, 0.29) is 30.7 Å². The molecule has 38 heavy (non-hydrogen) atoms. The second-order valence-corrected chi connectivity index (χ2v) is 9.50. The van der Waals surface area contributed by atoms with Crippen molar-refractivity contribution in [3.05, 3.63) is 100 Å². The molecule has 5 nitrogen and oxygen atoms in total. The molecule has 2 N–H and O–H groups in total. The Morgan fingerprint density at radius 1 is 1.05 bits per heavy atom. The standard InChI is InChI=1S/C29H21F4NO4/c30-24-22(7-4-8-23(24)29(31,32)33)27(13-14-27)17-28(37,12-11-18-5-2-1-3-6-18)26(36)34-20-9-10-21-19(15-20)16-38-25(21)35/h1-10,15,37H,13-14,16-17H2,(H,34,36). The Bertz CT molecular complexity index is 1490. The van der Waals surface area contributed by atoms with Gasteiger partial charge in [-0.05, 0) is 54.8 Å². The molecule has 3 aromatic rings. The summed E-state index contributed by atoms with van der Waals surface area (Å²) in [6, 6.07) is 16.0. The molecule has 1 amide bonds. The van der Waals surface area contributed by atoms with Crippen LogP contribution in [-0.4, -0.2) is 22.6 Å². The van der Waals surface area contributed by atoms with Crippen LogP contribution in [0.1, 0.15) is 51.9 Å². The van der Waals surface area contributed by atoms with Crippen LogP contribution in [0.2, 0.25) is 0 Å². The molecular weight excluding hydrogens is 502 g/mol. The van der Waals surface area contributed by atoms with E-state index >= 15 is 4.39 Å². The van der Waals surface area contributed by atoms with Gasteiger partial charge in [-0.2, -0.15) is 13.2 Å². The molecule has 3 aromatic carbocycles. The number of cyclic esters (lactones) is 1. The van der Waals surface area contributed by atoms with Gasteiger partial charge in [-0.25, -0.2) is 9.18 Å². The van der Waals surface area contributed by atoms with Crippen LogP contribution in [0.25, 0.3) is 0 Å². The maximum atomic E-state index is 15.1. The van der Waals surface area contributed by atoms with Gasteiger partial charge in [-0.1, -0.05) is 42.2 Å². The molecule has 1 aliphatic carbocycles. The number of carbonyl (C=O) groups is 2. The maximum absolute atomic E-state index is 15.1. The molecule has 1 fully saturated rings. The van der Waals surface area contributed by atoms with Gasteiger partial charge in [0.25, 0.3) is 5.91 Å². The molecule has 0 spiro atoms. The third-order valence-corrected chi connectivity index (χ3v) is 6.83. The Labute approximate surface area is 215 Å². The van der Waals surface area contributed by atoms with Crippen LogP contribution in [0.3, 0.4) is 0 Å². The first-order valence-electron chi connectivity index (χ1n) is 11.8. The number of rotatable bonds is 5. The zero-order chi connectivity index (χ0) is 27.1. The highest BCUT2D eigenvalue weighted by Crippen LogP contribution is 2.55. The third kappa shape index (κ3) is 4.87. The number of fused-ring (bicyclic) bond motifs is 1. The molecule has 5 rings (SSSR count). The summed E-state index contributed by atoms with van der Waals surface area (Å²) in [5.74, 6) is 2.52. The SMILES string of the molecule is O=C1OCc2cc(NC(=O)C(O)(C#Cc3ccccc3)CC3(c4cccc(C(F)(F)F)c4F)CC3)ccc21. The molecule has 1 unspecified atom stereocenters. The van der Waals surface area contributed by atoms with Crippen LogP contribution in [0.4, 0.5) is 23.2 Å². The highest BCUT2D eigenvalue weighted by Gasteiger charge is 2.54. The molecule has 1 saturated carbocycles. The first kappa shape index (κ1) is 25.5. The van der Waals surface area contributed by atoms with Gasteiger partial charge in [0.1, 0.15) is 12.4 Å². The van der Waals surface area contributed by atoms with Crippen LogP contribution in [0, 0.1) is 17.7 Å². The van der Waals surface area contributed by atoms with Crippen molar-refractivity contribution in [2.45, 2.75) is 43.1 Å². The number of hydrogen-bond donors (Lipinski definition) is 2. The normalized spacial score (nSPS) is 16.9. The average Bonchev–Trinajstić information content (AvgIpc) is 3.56. The van der Waals surface area contributed by atoms with E-state index in [2.05, 4.69) is 17.2 Å². The second-order valence-electron chi connectivity index (χ2n) is 9.50. The van der Waals surface area contributed by atoms with Crippen LogP contribution in [0.15, 0.2) is 66.7 Å². The predicted octanol–water partition coefficient (Wildman–Crippen LogP) is 5.36. The molecule has 0 aromatic heterocycles. The van der Waals surface area contributed by atoms with Crippen molar-refractivity contribution < 1.29 is 37.0 Å². The number of ether oxygens (including phenoxy) is 1. The lowest BCUT2D eigenvalue weighted by molar-refractivity contribution is -0.140. The van der Waals surface area contributed by atoms with E-state index in [0.29, 0.717) is 22.8 Å². The van der Waals surface area contributed by atoms with Crippen molar-refractivity contribution in [2.75, 3.05) is 5.32 Å². The summed E-state index contributed by atoms with van der Waals surface area (Å²) < 4.78 is 60.1.